The highest BCUT2D eigenvalue weighted by Gasteiger charge is 2.20. The van der Waals surface area contributed by atoms with Gasteiger partial charge < -0.3 is 4.57 Å². The fourth-order valence-electron chi connectivity index (χ4n) is 3.32. The van der Waals surface area contributed by atoms with E-state index in [0.29, 0.717) is 5.92 Å². The van der Waals surface area contributed by atoms with Crippen molar-refractivity contribution in [3.05, 3.63) is 69.9 Å². The predicted molar refractivity (Wildman–Crippen MR) is 109 cm³/mol. The SMILES string of the molecule is C/C(=N/NC(=O)c1cc2c(s1)C[C@H](C)CC2)c1ccc(-n2ccnc2)cc1. The highest BCUT2D eigenvalue weighted by Crippen LogP contribution is 2.32. The molecule has 0 aliphatic heterocycles. The van der Waals surface area contributed by atoms with Gasteiger partial charge in [-0.1, -0.05) is 19.1 Å². The molecule has 27 heavy (non-hydrogen) atoms. The molecule has 3 aromatic rings. The standard InChI is InChI=1S/C21H22N4OS/c1-14-3-4-17-12-20(27-19(17)11-14)21(26)24-23-15(2)16-5-7-18(8-6-16)25-10-9-22-13-25/h5-10,12-14H,3-4,11H2,1-2H3,(H,24,26)/b23-15-/t14-/m1/s1. The number of hydrazone groups is 1. The Morgan fingerprint density at radius 1 is 1.33 bits per heavy atom. The summed E-state index contributed by atoms with van der Waals surface area (Å²) in [5, 5.41) is 4.29. The second-order valence-corrected chi connectivity index (χ2v) is 8.20. The minimum atomic E-state index is -0.128. The highest BCUT2D eigenvalue weighted by atomic mass is 32.1. The molecule has 0 fully saturated rings. The summed E-state index contributed by atoms with van der Waals surface area (Å²) in [5.74, 6) is 0.578. The Bertz CT molecular complexity index is 970. The monoisotopic (exact) mass is 378 g/mol. The van der Waals surface area contributed by atoms with Crippen LogP contribution in [0.5, 0.6) is 0 Å². The van der Waals surface area contributed by atoms with E-state index in [1.54, 1.807) is 23.9 Å². The molecule has 1 amide bonds. The summed E-state index contributed by atoms with van der Waals surface area (Å²) >= 11 is 1.61. The molecule has 2 aromatic heterocycles. The molecular weight excluding hydrogens is 356 g/mol. The third kappa shape index (κ3) is 3.85. The lowest BCUT2D eigenvalue weighted by molar-refractivity contribution is 0.0959. The van der Waals surface area contributed by atoms with E-state index in [4.69, 9.17) is 0 Å². The van der Waals surface area contributed by atoms with Crippen LogP contribution in [0.2, 0.25) is 0 Å². The van der Waals surface area contributed by atoms with Crippen molar-refractivity contribution in [1.29, 1.82) is 0 Å². The second kappa shape index (κ2) is 7.48. The smallest absolute Gasteiger partial charge is 0.281 e. The Balaban J connectivity index is 1.43. The highest BCUT2D eigenvalue weighted by molar-refractivity contribution is 7.14. The first-order valence-corrected chi connectivity index (χ1v) is 9.97. The number of nitrogens with zero attached hydrogens (tertiary/aromatic N) is 3. The van der Waals surface area contributed by atoms with Crippen LogP contribution in [0.3, 0.4) is 0 Å². The third-order valence-corrected chi connectivity index (χ3v) is 6.17. The van der Waals surface area contributed by atoms with Crippen molar-refractivity contribution in [2.45, 2.75) is 33.1 Å². The van der Waals surface area contributed by atoms with Crippen molar-refractivity contribution in [1.82, 2.24) is 15.0 Å². The van der Waals surface area contributed by atoms with Gasteiger partial charge in [-0.2, -0.15) is 5.10 Å². The van der Waals surface area contributed by atoms with E-state index in [1.807, 2.05) is 48.0 Å². The summed E-state index contributed by atoms with van der Waals surface area (Å²) in [6, 6.07) is 10.0. The Kier molecular flexibility index (Phi) is 4.90. The molecule has 138 valence electrons. The van der Waals surface area contributed by atoms with Crippen LogP contribution in [0.25, 0.3) is 5.69 Å². The lowest BCUT2D eigenvalue weighted by atomic mass is 9.90. The van der Waals surface area contributed by atoms with Crippen molar-refractivity contribution >= 4 is 23.0 Å². The lowest BCUT2D eigenvalue weighted by Gasteiger charge is -2.16. The van der Waals surface area contributed by atoms with Crippen molar-refractivity contribution in [3.63, 3.8) is 0 Å². The van der Waals surface area contributed by atoms with E-state index in [1.165, 1.54) is 16.9 Å². The Morgan fingerprint density at radius 3 is 2.89 bits per heavy atom. The molecule has 2 heterocycles. The number of hydrogen-bond donors (Lipinski definition) is 1. The number of hydrogen-bond acceptors (Lipinski definition) is 4. The van der Waals surface area contributed by atoms with Gasteiger partial charge in [0.1, 0.15) is 0 Å². The molecule has 0 unspecified atom stereocenters. The summed E-state index contributed by atoms with van der Waals surface area (Å²) in [6.45, 7) is 4.17. The summed E-state index contributed by atoms with van der Waals surface area (Å²) in [5.41, 5.74) is 6.81. The number of thiophene rings is 1. The van der Waals surface area contributed by atoms with Gasteiger partial charge in [-0.3, -0.25) is 4.79 Å². The first-order valence-electron chi connectivity index (χ1n) is 9.15. The van der Waals surface area contributed by atoms with Crippen LogP contribution in [0, 0.1) is 5.92 Å². The average molecular weight is 379 g/mol. The van der Waals surface area contributed by atoms with Gasteiger partial charge in [0.15, 0.2) is 0 Å². The molecule has 0 radical (unpaired) electrons. The Hall–Kier alpha value is -2.73. The zero-order valence-corrected chi connectivity index (χ0v) is 16.3. The molecule has 1 aliphatic rings. The van der Waals surface area contributed by atoms with Crippen LogP contribution in [0.4, 0.5) is 0 Å². The molecule has 0 spiro atoms. The van der Waals surface area contributed by atoms with Gasteiger partial charge >= 0.3 is 0 Å². The molecule has 5 nitrogen and oxygen atoms in total. The van der Waals surface area contributed by atoms with E-state index >= 15 is 0 Å². The van der Waals surface area contributed by atoms with E-state index < -0.39 is 0 Å². The van der Waals surface area contributed by atoms with Gasteiger partial charge in [0.25, 0.3) is 5.91 Å². The molecule has 1 aromatic carbocycles. The summed E-state index contributed by atoms with van der Waals surface area (Å²) in [7, 11) is 0. The van der Waals surface area contributed by atoms with E-state index in [0.717, 1.165) is 34.7 Å². The minimum Gasteiger partial charge on any atom is -0.306 e. The van der Waals surface area contributed by atoms with Crippen LogP contribution in [0.1, 0.15) is 45.9 Å². The number of carbonyl (C=O) groups excluding carboxylic acids is 1. The summed E-state index contributed by atoms with van der Waals surface area (Å²) in [6.07, 6.45) is 8.77. The number of aromatic nitrogens is 2. The molecule has 4 rings (SSSR count). The van der Waals surface area contributed by atoms with Gasteiger partial charge in [0, 0.05) is 23.0 Å². The molecule has 1 N–H and O–H groups in total. The third-order valence-electron chi connectivity index (χ3n) is 4.97. The normalized spacial score (nSPS) is 16.8. The van der Waals surface area contributed by atoms with Gasteiger partial charge in [0.2, 0.25) is 0 Å². The van der Waals surface area contributed by atoms with Crippen LogP contribution >= 0.6 is 11.3 Å². The summed E-state index contributed by atoms with van der Waals surface area (Å²) in [4.78, 5) is 18.6. The molecule has 6 heteroatoms. The van der Waals surface area contributed by atoms with Crippen LogP contribution < -0.4 is 5.43 Å². The molecule has 0 saturated heterocycles. The van der Waals surface area contributed by atoms with E-state index in [2.05, 4.69) is 22.4 Å². The number of benzene rings is 1. The number of rotatable bonds is 4. The quantitative estimate of drug-likeness (QED) is 0.546. The average Bonchev–Trinajstić information content (AvgIpc) is 3.35. The van der Waals surface area contributed by atoms with Gasteiger partial charge in [-0.25, -0.2) is 10.4 Å². The zero-order chi connectivity index (χ0) is 18.8. The number of aryl methyl sites for hydroxylation is 1. The minimum absolute atomic E-state index is 0.128. The predicted octanol–water partition coefficient (Wildman–Crippen LogP) is 4.21. The number of nitrogens with one attached hydrogen (secondary N) is 1. The number of fused-ring (bicyclic) bond motifs is 1. The van der Waals surface area contributed by atoms with Gasteiger partial charge in [-0.05, 0) is 61.4 Å². The molecule has 0 bridgehead atoms. The maximum atomic E-state index is 12.5. The topological polar surface area (TPSA) is 59.3 Å². The number of carbonyl (C=O) groups is 1. The second-order valence-electron chi connectivity index (χ2n) is 7.06. The van der Waals surface area contributed by atoms with Gasteiger partial charge in [0.05, 0.1) is 16.9 Å². The van der Waals surface area contributed by atoms with Crippen molar-refractivity contribution in [3.8, 4) is 5.69 Å². The largest absolute Gasteiger partial charge is 0.306 e. The van der Waals surface area contributed by atoms with Crippen molar-refractivity contribution in [2.75, 3.05) is 0 Å². The molecule has 1 aliphatic carbocycles. The van der Waals surface area contributed by atoms with Crippen molar-refractivity contribution < 1.29 is 4.79 Å². The molecular formula is C21H22N4OS. The molecule has 0 saturated carbocycles. The Labute approximate surface area is 162 Å². The zero-order valence-electron chi connectivity index (χ0n) is 15.5. The number of imidazole rings is 1. The van der Waals surface area contributed by atoms with E-state index in [-0.39, 0.29) is 5.91 Å². The van der Waals surface area contributed by atoms with Gasteiger partial charge in [-0.15, -0.1) is 11.3 Å². The first kappa shape index (κ1) is 17.7. The fraction of sp³-hybridized carbons (Fsp3) is 0.286. The van der Waals surface area contributed by atoms with E-state index in [9.17, 15) is 4.79 Å². The lowest BCUT2D eigenvalue weighted by Crippen LogP contribution is -2.18. The fourth-order valence-corrected chi connectivity index (χ4v) is 4.59. The first-order chi connectivity index (χ1) is 13.1. The van der Waals surface area contributed by atoms with Crippen LogP contribution in [-0.4, -0.2) is 21.2 Å². The Morgan fingerprint density at radius 2 is 2.15 bits per heavy atom. The van der Waals surface area contributed by atoms with Crippen LogP contribution in [0.15, 0.2) is 54.2 Å². The maximum absolute atomic E-state index is 12.5. The number of amides is 1. The van der Waals surface area contributed by atoms with Crippen LogP contribution in [-0.2, 0) is 12.8 Å². The molecule has 1 atom stereocenters. The van der Waals surface area contributed by atoms with Crippen molar-refractivity contribution in [2.24, 2.45) is 11.0 Å². The maximum Gasteiger partial charge on any atom is 0.281 e. The summed E-state index contributed by atoms with van der Waals surface area (Å²) < 4.78 is 1.94.